The SMILES string of the molecule is O=C(NCC1CCCO1)c1cc(Nc2cccc(C(F)(F)F)c2)ncn1. The Kier molecular flexibility index (Phi) is 5.36. The first-order valence-electron chi connectivity index (χ1n) is 8.08. The molecule has 2 N–H and O–H groups in total. The van der Waals surface area contributed by atoms with Gasteiger partial charge in [0.05, 0.1) is 11.7 Å². The molecule has 138 valence electrons. The second-order valence-corrected chi connectivity index (χ2v) is 5.84. The third-order valence-electron chi connectivity index (χ3n) is 3.88. The van der Waals surface area contributed by atoms with Crippen molar-refractivity contribution in [1.82, 2.24) is 15.3 Å². The number of halogens is 3. The van der Waals surface area contributed by atoms with Crippen LogP contribution in [0, 0.1) is 0 Å². The molecule has 1 unspecified atom stereocenters. The minimum Gasteiger partial charge on any atom is -0.376 e. The van der Waals surface area contributed by atoms with E-state index in [1.807, 2.05) is 0 Å². The van der Waals surface area contributed by atoms with Crippen molar-refractivity contribution in [2.24, 2.45) is 0 Å². The fraction of sp³-hybridized carbons (Fsp3) is 0.353. The Morgan fingerprint density at radius 3 is 2.85 bits per heavy atom. The van der Waals surface area contributed by atoms with Gasteiger partial charge < -0.3 is 15.4 Å². The zero-order chi connectivity index (χ0) is 18.6. The molecule has 3 rings (SSSR count). The van der Waals surface area contributed by atoms with E-state index in [1.165, 1.54) is 24.5 Å². The number of carbonyl (C=O) groups excluding carboxylic acids is 1. The monoisotopic (exact) mass is 366 g/mol. The average molecular weight is 366 g/mol. The van der Waals surface area contributed by atoms with Crippen LogP contribution in [-0.4, -0.2) is 35.1 Å². The third kappa shape index (κ3) is 4.69. The van der Waals surface area contributed by atoms with E-state index >= 15 is 0 Å². The van der Waals surface area contributed by atoms with Gasteiger partial charge in [-0.3, -0.25) is 4.79 Å². The summed E-state index contributed by atoms with van der Waals surface area (Å²) in [5.41, 5.74) is -0.442. The summed E-state index contributed by atoms with van der Waals surface area (Å²) in [5.74, 6) is -0.170. The molecule has 1 amide bonds. The lowest BCUT2D eigenvalue weighted by molar-refractivity contribution is -0.137. The lowest BCUT2D eigenvalue weighted by Gasteiger charge is -2.12. The van der Waals surface area contributed by atoms with Crippen LogP contribution in [0.15, 0.2) is 36.7 Å². The fourth-order valence-corrected chi connectivity index (χ4v) is 2.57. The van der Waals surface area contributed by atoms with Crippen molar-refractivity contribution in [3.05, 3.63) is 47.9 Å². The highest BCUT2D eigenvalue weighted by molar-refractivity contribution is 5.93. The molecule has 1 aromatic carbocycles. The van der Waals surface area contributed by atoms with Gasteiger partial charge >= 0.3 is 6.18 Å². The number of carbonyl (C=O) groups is 1. The molecule has 0 radical (unpaired) electrons. The molecule has 0 saturated carbocycles. The molecule has 2 heterocycles. The molecule has 9 heteroatoms. The molecule has 1 aromatic heterocycles. The number of alkyl halides is 3. The van der Waals surface area contributed by atoms with Gasteiger partial charge in [0.25, 0.3) is 5.91 Å². The first-order chi connectivity index (χ1) is 12.4. The number of hydrogen-bond donors (Lipinski definition) is 2. The van der Waals surface area contributed by atoms with Crippen molar-refractivity contribution < 1.29 is 22.7 Å². The standard InChI is InChI=1S/C17H17F3N4O2/c18-17(19,20)11-3-1-4-12(7-11)24-15-8-14(22-10-23-15)16(25)21-9-13-5-2-6-26-13/h1,3-4,7-8,10,13H,2,5-6,9H2,(H,21,25)(H,22,23,24). The minimum atomic E-state index is -4.43. The van der Waals surface area contributed by atoms with Gasteiger partial charge in [-0.05, 0) is 31.0 Å². The zero-order valence-electron chi connectivity index (χ0n) is 13.7. The van der Waals surface area contributed by atoms with E-state index in [-0.39, 0.29) is 23.3 Å². The van der Waals surface area contributed by atoms with E-state index in [2.05, 4.69) is 20.6 Å². The van der Waals surface area contributed by atoms with Crippen molar-refractivity contribution in [2.75, 3.05) is 18.5 Å². The van der Waals surface area contributed by atoms with Gasteiger partial charge in [0.2, 0.25) is 0 Å². The Morgan fingerprint density at radius 2 is 2.12 bits per heavy atom. The van der Waals surface area contributed by atoms with Crippen LogP contribution in [0.5, 0.6) is 0 Å². The summed E-state index contributed by atoms with van der Waals surface area (Å²) in [4.78, 5) is 20.0. The topological polar surface area (TPSA) is 76.1 Å². The van der Waals surface area contributed by atoms with E-state index in [0.29, 0.717) is 13.2 Å². The first kappa shape index (κ1) is 18.1. The second-order valence-electron chi connectivity index (χ2n) is 5.84. The lowest BCUT2D eigenvalue weighted by Crippen LogP contribution is -2.32. The number of amides is 1. The van der Waals surface area contributed by atoms with Crippen molar-refractivity contribution in [3.63, 3.8) is 0 Å². The predicted octanol–water partition coefficient (Wildman–Crippen LogP) is 3.15. The second kappa shape index (κ2) is 7.69. The largest absolute Gasteiger partial charge is 0.416 e. The maximum absolute atomic E-state index is 12.8. The Balaban J connectivity index is 1.66. The van der Waals surface area contributed by atoms with Gasteiger partial charge in [-0.25, -0.2) is 9.97 Å². The highest BCUT2D eigenvalue weighted by atomic mass is 19.4. The minimum absolute atomic E-state index is 0.00323. The molecule has 1 aliphatic heterocycles. The van der Waals surface area contributed by atoms with Crippen LogP contribution in [0.4, 0.5) is 24.7 Å². The van der Waals surface area contributed by atoms with Crippen LogP contribution in [-0.2, 0) is 10.9 Å². The first-order valence-corrected chi connectivity index (χ1v) is 8.08. The molecule has 1 fully saturated rings. The predicted molar refractivity (Wildman–Crippen MR) is 88.1 cm³/mol. The van der Waals surface area contributed by atoms with E-state index in [9.17, 15) is 18.0 Å². The molecule has 26 heavy (non-hydrogen) atoms. The highest BCUT2D eigenvalue weighted by Crippen LogP contribution is 2.31. The molecule has 0 aliphatic carbocycles. The van der Waals surface area contributed by atoms with Crippen LogP contribution in [0.3, 0.4) is 0 Å². The van der Waals surface area contributed by atoms with Crippen LogP contribution in [0.25, 0.3) is 0 Å². The van der Waals surface area contributed by atoms with Gasteiger partial charge in [-0.2, -0.15) is 13.2 Å². The number of nitrogens with zero attached hydrogens (tertiary/aromatic N) is 2. The van der Waals surface area contributed by atoms with Gasteiger partial charge in [-0.1, -0.05) is 6.07 Å². The average Bonchev–Trinajstić information content (AvgIpc) is 3.13. The molecular weight excluding hydrogens is 349 g/mol. The number of benzene rings is 1. The Hall–Kier alpha value is -2.68. The molecule has 2 aromatic rings. The third-order valence-corrected chi connectivity index (χ3v) is 3.88. The van der Waals surface area contributed by atoms with Crippen LogP contribution < -0.4 is 10.6 Å². The zero-order valence-corrected chi connectivity index (χ0v) is 13.7. The number of rotatable bonds is 5. The van der Waals surface area contributed by atoms with Crippen molar-refractivity contribution >= 4 is 17.4 Å². The molecule has 1 aliphatic rings. The maximum atomic E-state index is 12.8. The molecule has 6 nitrogen and oxygen atoms in total. The smallest absolute Gasteiger partial charge is 0.376 e. The van der Waals surface area contributed by atoms with Crippen LogP contribution in [0.2, 0.25) is 0 Å². The van der Waals surface area contributed by atoms with Crippen molar-refractivity contribution in [1.29, 1.82) is 0 Å². The molecule has 1 atom stereocenters. The summed E-state index contributed by atoms with van der Waals surface area (Å²) in [5, 5.41) is 5.48. The van der Waals surface area contributed by atoms with Gasteiger partial charge in [0.15, 0.2) is 0 Å². The fourth-order valence-electron chi connectivity index (χ4n) is 2.57. The lowest BCUT2D eigenvalue weighted by atomic mass is 10.2. The summed E-state index contributed by atoms with van der Waals surface area (Å²) >= 11 is 0. The number of nitrogens with one attached hydrogen (secondary N) is 2. The van der Waals surface area contributed by atoms with Crippen LogP contribution in [0.1, 0.15) is 28.9 Å². The molecular formula is C17H17F3N4O2. The number of anilines is 2. The number of aromatic nitrogens is 2. The summed E-state index contributed by atoms with van der Waals surface area (Å²) in [7, 11) is 0. The van der Waals surface area contributed by atoms with Gasteiger partial charge in [0.1, 0.15) is 17.8 Å². The Morgan fingerprint density at radius 1 is 1.27 bits per heavy atom. The van der Waals surface area contributed by atoms with E-state index < -0.39 is 17.6 Å². The van der Waals surface area contributed by atoms with Gasteiger partial charge in [0, 0.05) is 24.9 Å². The molecule has 1 saturated heterocycles. The van der Waals surface area contributed by atoms with Gasteiger partial charge in [-0.15, -0.1) is 0 Å². The Labute approximate surface area is 147 Å². The van der Waals surface area contributed by atoms with Crippen molar-refractivity contribution in [3.8, 4) is 0 Å². The summed E-state index contributed by atoms with van der Waals surface area (Å²) in [6.45, 7) is 1.08. The highest BCUT2D eigenvalue weighted by Gasteiger charge is 2.30. The number of ether oxygens (including phenoxy) is 1. The molecule has 0 bridgehead atoms. The van der Waals surface area contributed by atoms with E-state index in [4.69, 9.17) is 4.74 Å². The Bertz CT molecular complexity index is 777. The number of hydrogen-bond acceptors (Lipinski definition) is 5. The van der Waals surface area contributed by atoms with E-state index in [0.717, 1.165) is 25.0 Å². The normalized spacial score (nSPS) is 17.1. The summed E-state index contributed by atoms with van der Waals surface area (Å²) < 4.78 is 43.7. The summed E-state index contributed by atoms with van der Waals surface area (Å²) in [6.07, 6.45) is -1.39. The summed E-state index contributed by atoms with van der Waals surface area (Å²) in [6, 6.07) is 6.11. The maximum Gasteiger partial charge on any atom is 0.416 e. The quantitative estimate of drug-likeness (QED) is 0.850. The van der Waals surface area contributed by atoms with E-state index in [1.54, 1.807) is 0 Å². The van der Waals surface area contributed by atoms with Crippen molar-refractivity contribution in [2.45, 2.75) is 25.1 Å². The molecule has 0 spiro atoms. The van der Waals surface area contributed by atoms with Crippen LogP contribution >= 0.6 is 0 Å².